The molecule has 0 saturated carbocycles. The van der Waals surface area contributed by atoms with Crippen LogP contribution in [-0.4, -0.2) is 23.7 Å². The van der Waals surface area contributed by atoms with Gasteiger partial charge in [0.25, 0.3) is 0 Å². The van der Waals surface area contributed by atoms with Crippen LogP contribution in [0.5, 0.6) is 0 Å². The molecule has 150 valence electrons. The zero-order valence-corrected chi connectivity index (χ0v) is 16.7. The minimum Gasteiger partial charge on any atom is -0.480 e. The number of benzene rings is 3. The van der Waals surface area contributed by atoms with Crippen LogP contribution >= 0.6 is 0 Å². The summed E-state index contributed by atoms with van der Waals surface area (Å²) in [4.78, 5) is 12.0. The van der Waals surface area contributed by atoms with Crippen molar-refractivity contribution in [2.75, 3.05) is 6.54 Å². The number of hydrogen-bond acceptors (Lipinski definition) is 3. The molecule has 0 heterocycles. The van der Waals surface area contributed by atoms with E-state index < -0.39 is 23.3 Å². The Labute approximate surface area is 172 Å². The molecule has 0 amide bonds. The molecule has 0 aliphatic rings. The molecule has 0 spiro atoms. The highest BCUT2D eigenvalue weighted by atomic mass is 16.4. The Hall–Kier alpha value is -2.95. The maximum atomic E-state index is 12.0. The first-order chi connectivity index (χ1) is 14.0. The Kier molecular flexibility index (Phi) is 6.47. The second-order valence-electron chi connectivity index (χ2n) is 7.45. The number of nitrogens with two attached hydrogens (primary N) is 2. The van der Waals surface area contributed by atoms with Crippen molar-refractivity contribution in [2.24, 2.45) is 17.4 Å². The molecule has 2 atom stereocenters. The summed E-state index contributed by atoms with van der Waals surface area (Å²) in [5.74, 6) is -1.45. The first kappa shape index (κ1) is 20.8. The molecule has 3 rings (SSSR count). The van der Waals surface area contributed by atoms with Gasteiger partial charge < -0.3 is 16.6 Å². The quantitative estimate of drug-likeness (QED) is 0.513. The lowest BCUT2D eigenvalue weighted by atomic mass is 9.59. The largest absolute Gasteiger partial charge is 0.480 e. The number of rotatable bonds is 8. The van der Waals surface area contributed by atoms with Crippen LogP contribution in [0.3, 0.4) is 0 Å². The summed E-state index contributed by atoms with van der Waals surface area (Å²) in [5.41, 5.74) is 15.7. The molecule has 3 aromatic carbocycles. The van der Waals surface area contributed by atoms with E-state index in [-0.39, 0.29) is 0 Å². The van der Waals surface area contributed by atoms with Crippen molar-refractivity contribution >= 4 is 5.97 Å². The summed E-state index contributed by atoms with van der Waals surface area (Å²) < 4.78 is 0. The van der Waals surface area contributed by atoms with Crippen LogP contribution in [0.4, 0.5) is 0 Å². The van der Waals surface area contributed by atoms with Gasteiger partial charge in [-0.25, -0.2) is 0 Å². The Morgan fingerprint density at radius 3 is 1.72 bits per heavy atom. The van der Waals surface area contributed by atoms with Gasteiger partial charge in [0.1, 0.15) is 6.04 Å². The lowest BCUT2D eigenvalue weighted by Gasteiger charge is -2.44. The van der Waals surface area contributed by atoms with Crippen LogP contribution < -0.4 is 11.5 Å². The predicted molar refractivity (Wildman–Crippen MR) is 117 cm³/mol. The summed E-state index contributed by atoms with van der Waals surface area (Å²) >= 11 is 0. The second kappa shape index (κ2) is 9.03. The highest BCUT2D eigenvalue weighted by Crippen LogP contribution is 2.47. The van der Waals surface area contributed by atoms with Crippen LogP contribution in [0.25, 0.3) is 0 Å². The second-order valence-corrected chi connectivity index (χ2v) is 7.45. The number of carbonyl (C=O) groups is 1. The average molecular weight is 389 g/mol. The van der Waals surface area contributed by atoms with Gasteiger partial charge in [-0.2, -0.15) is 0 Å². The van der Waals surface area contributed by atoms with Crippen molar-refractivity contribution in [2.45, 2.75) is 24.8 Å². The summed E-state index contributed by atoms with van der Waals surface area (Å²) in [6, 6.07) is 27.2. The number of aryl methyl sites for hydroxylation is 1. The Bertz CT molecular complexity index is 885. The van der Waals surface area contributed by atoms with Crippen LogP contribution in [0.2, 0.25) is 0 Å². The summed E-state index contributed by atoms with van der Waals surface area (Å²) in [6.45, 7) is 2.38. The van der Waals surface area contributed by atoms with E-state index in [1.807, 2.05) is 67.6 Å². The van der Waals surface area contributed by atoms with Gasteiger partial charge in [0.2, 0.25) is 0 Å². The van der Waals surface area contributed by atoms with E-state index in [2.05, 4.69) is 24.3 Å². The highest BCUT2D eigenvalue weighted by Gasteiger charge is 2.47. The summed E-state index contributed by atoms with van der Waals surface area (Å²) in [5, 5.41) is 9.86. The van der Waals surface area contributed by atoms with E-state index in [9.17, 15) is 9.90 Å². The third-order valence-electron chi connectivity index (χ3n) is 5.72. The highest BCUT2D eigenvalue weighted by molar-refractivity contribution is 5.74. The van der Waals surface area contributed by atoms with E-state index in [1.54, 1.807) is 0 Å². The summed E-state index contributed by atoms with van der Waals surface area (Å²) in [7, 11) is 0. The number of aliphatic carboxylic acids is 1. The van der Waals surface area contributed by atoms with E-state index in [0.717, 1.165) is 22.3 Å². The topological polar surface area (TPSA) is 89.3 Å². The Balaban J connectivity index is 2.42. The number of hydrogen-bond donors (Lipinski definition) is 3. The average Bonchev–Trinajstić information content (AvgIpc) is 2.75. The van der Waals surface area contributed by atoms with Gasteiger partial charge in [0, 0.05) is 11.3 Å². The molecule has 5 N–H and O–H groups in total. The molecule has 4 heteroatoms. The van der Waals surface area contributed by atoms with Crippen molar-refractivity contribution < 1.29 is 9.90 Å². The van der Waals surface area contributed by atoms with E-state index >= 15 is 0 Å². The fourth-order valence-corrected chi connectivity index (χ4v) is 4.38. The van der Waals surface area contributed by atoms with E-state index in [0.29, 0.717) is 13.0 Å². The van der Waals surface area contributed by atoms with Crippen LogP contribution in [0, 0.1) is 12.8 Å². The third-order valence-corrected chi connectivity index (χ3v) is 5.72. The zero-order valence-electron chi connectivity index (χ0n) is 16.7. The molecule has 4 nitrogen and oxygen atoms in total. The normalized spacial score (nSPS) is 13.6. The first-order valence-electron chi connectivity index (χ1n) is 9.88. The molecule has 0 aliphatic carbocycles. The van der Waals surface area contributed by atoms with Gasteiger partial charge in [-0.15, -0.1) is 0 Å². The van der Waals surface area contributed by atoms with Crippen molar-refractivity contribution in [3.8, 4) is 0 Å². The molecule has 0 aliphatic heterocycles. The molecule has 0 aromatic heterocycles. The monoisotopic (exact) mass is 388 g/mol. The molecule has 0 bridgehead atoms. The molecule has 3 aromatic rings. The SMILES string of the molecule is Cc1ccc(C(c2ccccc2)(c2ccccc2)C(CCN)[C@@H](N)C(=O)O)cc1. The number of carboxylic acid groups (broad SMARTS) is 1. The van der Waals surface area contributed by atoms with Gasteiger partial charge in [0.05, 0.1) is 0 Å². The van der Waals surface area contributed by atoms with Crippen LogP contribution in [-0.2, 0) is 10.2 Å². The Morgan fingerprint density at radius 1 is 0.862 bits per heavy atom. The zero-order chi connectivity index (χ0) is 20.9. The fourth-order valence-electron chi connectivity index (χ4n) is 4.38. The van der Waals surface area contributed by atoms with Crippen LogP contribution in [0.15, 0.2) is 84.9 Å². The fraction of sp³-hybridized carbons (Fsp3) is 0.240. The van der Waals surface area contributed by atoms with Crippen molar-refractivity contribution in [3.63, 3.8) is 0 Å². The first-order valence-corrected chi connectivity index (χ1v) is 9.88. The molecule has 0 radical (unpaired) electrons. The molecule has 0 fully saturated rings. The van der Waals surface area contributed by atoms with Gasteiger partial charge >= 0.3 is 5.97 Å². The minimum absolute atomic E-state index is 0.346. The lowest BCUT2D eigenvalue weighted by molar-refractivity contribution is -0.140. The molecule has 0 saturated heterocycles. The van der Waals surface area contributed by atoms with Crippen molar-refractivity contribution in [1.82, 2.24) is 0 Å². The van der Waals surface area contributed by atoms with Crippen LogP contribution in [0.1, 0.15) is 28.7 Å². The van der Waals surface area contributed by atoms with Gasteiger partial charge in [-0.1, -0.05) is 90.5 Å². The molecule has 29 heavy (non-hydrogen) atoms. The lowest BCUT2D eigenvalue weighted by Crippen LogP contribution is -2.51. The van der Waals surface area contributed by atoms with Crippen molar-refractivity contribution in [1.29, 1.82) is 0 Å². The molecular weight excluding hydrogens is 360 g/mol. The van der Waals surface area contributed by atoms with Gasteiger partial charge in [-0.05, 0) is 36.6 Å². The van der Waals surface area contributed by atoms with Gasteiger partial charge in [0.15, 0.2) is 0 Å². The van der Waals surface area contributed by atoms with E-state index in [4.69, 9.17) is 11.5 Å². The smallest absolute Gasteiger partial charge is 0.320 e. The standard InChI is InChI=1S/C25H28N2O2/c1-18-12-14-21(15-13-18)25(19-8-4-2-5-9-19,20-10-6-3-7-11-20)22(16-17-26)23(27)24(28)29/h2-15,22-23H,16-17,26-27H2,1H3,(H,28,29)/t22?,23-/m1/s1. The number of carboxylic acids is 1. The molecule has 1 unspecified atom stereocenters. The summed E-state index contributed by atoms with van der Waals surface area (Å²) in [6.07, 6.45) is 0.477. The van der Waals surface area contributed by atoms with Crippen molar-refractivity contribution in [3.05, 3.63) is 107 Å². The predicted octanol–water partition coefficient (Wildman–Crippen LogP) is 3.71. The molecular formula is C25H28N2O2. The van der Waals surface area contributed by atoms with E-state index in [1.165, 1.54) is 0 Å². The maximum Gasteiger partial charge on any atom is 0.320 e. The Morgan fingerprint density at radius 2 is 1.31 bits per heavy atom. The maximum absolute atomic E-state index is 12.0. The minimum atomic E-state index is -1.07. The third kappa shape index (κ3) is 3.95. The van der Waals surface area contributed by atoms with Gasteiger partial charge in [-0.3, -0.25) is 4.79 Å².